The standard InChI is InChI=1S/C17H19N2O5S/c18-17(22)13-6-2-1-5-12(13)11-25(23,24)10-9-16(21)19-14-7-3-4-8-15(14)20/h1-2,5-7,9H,3-4,8,10-11H2,(H2,18,22)(H,19,21). The predicted molar refractivity (Wildman–Crippen MR) is 91.8 cm³/mol. The number of hydrogen-bond donors (Lipinski definition) is 2. The highest BCUT2D eigenvalue weighted by Gasteiger charge is 2.20. The highest BCUT2D eigenvalue weighted by molar-refractivity contribution is 7.90. The molecule has 1 aliphatic carbocycles. The van der Waals surface area contributed by atoms with E-state index in [0.717, 1.165) is 12.8 Å². The number of amides is 2. The molecular weight excluding hydrogens is 344 g/mol. The van der Waals surface area contributed by atoms with Crippen LogP contribution in [0.5, 0.6) is 0 Å². The molecule has 8 heteroatoms. The fourth-order valence-electron chi connectivity index (χ4n) is 2.45. The van der Waals surface area contributed by atoms with Crippen LogP contribution in [0.15, 0.2) is 36.0 Å². The second kappa shape index (κ2) is 8.06. The molecule has 0 unspecified atom stereocenters. The van der Waals surface area contributed by atoms with Crippen molar-refractivity contribution in [3.05, 3.63) is 53.6 Å². The fourth-order valence-corrected chi connectivity index (χ4v) is 3.70. The van der Waals surface area contributed by atoms with Gasteiger partial charge in [0.15, 0.2) is 15.6 Å². The summed E-state index contributed by atoms with van der Waals surface area (Å²) in [7, 11) is -3.67. The van der Waals surface area contributed by atoms with Crippen LogP contribution in [0.1, 0.15) is 35.2 Å². The van der Waals surface area contributed by atoms with Gasteiger partial charge in [0.05, 0.1) is 23.6 Å². The van der Waals surface area contributed by atoms with Gasteiger partial charge in [-0.2, -0.15) is 0 Å². The lowest BCUT2D eigenvalue weighted by Crippen LogP contribution is -2.30. The Morgan fingerprint density at radius 3 is 2.64 bits per heavy atom. The van der Waals surface area contributed by atoms with E-state index in [1.165, 1.54) is 12.1 Å². The zero-order valence-electron chi connectivity index (χ0n) is 13.5. The first-order valence-electron chi connectivity index (χ1n) is 7.74. The molecule has 0 aromatic heterocycles. The van der Waals surface area contributed by atoms with Crippen molar-refractivity contribution in [3.63, 3.8) is 0 Å². The summed E-state index contributed by atoms with van der Waals surface area (Å²) in [5.41, 5.74) is 5.86. The third-order valence-corrected chi connectivity index (χ3v) is 5.12. The maximum atomic E-state index is 12.2. The van der Waals surface area contributed by atoms with Gasteiger partial charge in [0.25, 0.3) is 0 Å². The molecule has 7 nitrogen and oxygen atoms in total. The zero-order chi connectivity index (χ0) is 18.4. The van der Waals surface area contributed by atoms with Gasteiger partial charge in [-0.05, 0) is 24.5 Å². The highest BCUT2D eigenvalue weighted by Crippen LogP contribution is 2.14. The lowest BCUT2D eigenvalue weighted by molar-refractivity contribution is -0.121. The third-order valence-electron chi connectivity index (χ3n) is 3.70. The predicted octanol–water partition coefficient (Wildman–Crippen LogP) is 0.658. The van der Waals surface area contributed by atoms with Gasteiger partial charge in [-0.15, -0.1) is 0 Å². The number of carbonyl (C=O) groups is 3. The van der Waals surface area contributed by atoms with E-state index < -0.39 is 33.2 Å². The molecule has 1 radical (unpaired) electrons. The molecule has 0 heterocycles. The SMILES string of the molecule is NC(=O)c1ccccc1CS(=O)(=O)C[CH]C(=O)NC1=CCCCC1=O. The molecule has 25 heavy (non-hydrogen) atoms. The van der Waals surface area contributed by atoms with Crippen LogP contribution in [0.4, 0.5) is 0 Å². The summed E-state index contributed by atoms with van der Waals surface area (Å²) in [4.78, 5) is 34.8. The van der Waals surface area contributed by atoms with Crippen molar-refractivity contribution in [1.29, 1.82) is 0 Å². The van der Waals surface area contributed by atoms with Gasteiger partial charge in [-0.25, -0.2) is 8.42 Å². The average molecular weight is 363 g/mol. The number of nitrogens with two attached hydrogens (primary N) is 1. The van der Waals surface area contributed by atoms with E-state index in [9.17, 15) is 22.8 Å². The summed E-state index contributed by atoms with van der Waals surface area (Å²) in [6.07, 6.45) is 4.42. The Labute approximate surface area is 146 Å². The first-order chi connectivity index (χ1) is 11.8. The molecule has 1 aromatic carbocycles. The Bertz CT molecular complexity index is 827. The van der Waals surface area contributed by atoms with Crippen LogP contribution in [0, 0.1) is 6.42 Å². The number of Topliss-reactive ketones (excluding diaryl/α,β-unsaturated/α-hetero) is 1. The Kier molecular flexibility index (Phi) is 6.08. The number of nitrogens with one attached hydrogen (secondary N) is 1. The largest absolute Gasteiger partial charge is 0.366 e. The van der Waals surface area contributed by atoms with E-state index in [1.807, 2.05) is 0 Å². The number of ketones is 1. The van der Waals surface area contributed by atoms with Crippen molar-refractivity contribution in [2.24, 2.45) is 5.73 Å². The maximum absolute atomic E-state index is 12.2. The minimum Gasteiger partial charge on any atom is -0.366 e. The highest BCUT2D eigenvalue weighted by atomic mass is 32.2. The number of benzene rings is 1. The molecular formula is C17H19N2O5S. The minimum absolute atomic E-state index is 0.133. The summed E-state index contributed by atoms with van der Waals surface area (Å²) in [5, 5.41) is 2.41. The molecule has 0 saturated heterocycles. The fraction of sp³-hybridized carbons (Fsp3) is 0.294. The van der Waals surface area contributed by atoms with Crippen LogP contribution in [0.25, 0.3) is 0 Å². The molecule has 2 rings (SSSR count). The molecule has 3 N–H and O–H groups in total. The first-order valence-corrected chi connectivity index (χ1v) is 9.56. The monoisotopic (exact) mass is 363 g/mol. The molecule has 2 amide bonds. The van der Waals surface area contributed by atoms with Gasteiger partial charge in [0.2, 0.25) is 11.8 Å². The van der Waals surface area contributed by atoms with Gasteiger partial charge >= 0.3 is 0 Å². The third kappa shape index (κ3) is 5.53. The van der Waals surface area contributed by atoms with Gasteiger partial charge in [-0.1, -0.05) is 24.3 Å². The van der Waals surface area contributed by atoms with Crippen LogP contribution >= 0.6 is 0 Å². The number of carbonyl (C=O) groups excluding carboxylic acids is 3. The van der Waals surface area contributed by atoms with Crippen molar-refractivity contribution >= 4 is 27.4 Å². The van der Waals surface area contributed by atoms with Crippen molar-refractivity contribution in [2.75, 3.05) is 5.75 Å². The second-order valence-electron chi connectivity index (χ2n) is 5.70. The smallest absolute Gasteiger partial charge is 0.249 e. The Balaban J connectivity index is 1.95. The molecule has 1 aromatic rings. The van der Waals surface area contributed by atoms with Crippen LogP contribution in [-0.4, -0.2) is 31.8 Å². The summed E-state index contributed by atoms with van der Waals surface area (Å²) >= 11 is 0. The Morgan fingerprint density at radius 2 is 1.96 bits per heavy atom. The number of hydrogen-bond acceptors (Lipinski definition) is 5. The van der Waals surface area contributed by atoms with E-state index in [0.29, 0.717) is 12.8 Å². The van der Waals surface area contributed by atoms with E-state index in [-0.39, 0.29) is 22.6 Å². The van der Waals surface area contributed by atoms with E-state index in [4.69, 9.17) is 5.73 Å². The number of allylic oxidation sites excluding steroid dienone is 2. The van der Waals surface area contributed by atoms with Crippen molar-refractivity contribution in [3.8, 4) is 0 Å². The summed E-state index contributed by atoms with van der Waals surface area (Å²) in [5.74, 6) is -2.43. The summed E-state index contributed by atoms with van der Waals surface area (Å²) < 4.78 is 24.4. The first kappa shape index (κ1) is 18.9. The topological polar surface area (TPSA) is 123 Å². The van der Waals surface area contributed by atoms with Gasteiger partial charge in [-0.3, -0.25) is 14.4 Å². The molecule has 0 saturated carbocycles. The molecule has 0 aliphatic heterocycles. The molecule has 1 aliphatic rings. The molecule has 0 fully saturated rings. The Hall–Kier alpha value is -2.48. The van der Waals surface area contributed by atoms with Gasteiger partial charge in [0.1, 0.15) is 0 Å². The van der Waals surface area contributed by atoms with Crippen LogP contribution in [-0.2, 0) is 25.2 Å². The second-order valence-corrected chi connectivity index (χ2v) is 7.81. The normalized spacial score (nSPS) is 14.7. The Morgan fingerprint density at radius 1 is 1.24 bits per heavy atom. The zero-order valence-corrected chi connectivity index (χ0v) is 14.3. The summed E-state index contributed by atoms with van der Waals surface area (Å²) in [6, 6.07) is 6.15. The van der Waals surface area contributed by atoms with Gasteiger partial charge in [0, 0.05) is 12.0 Å². The number of sulfone groups is 1. The van der Waals surface area contributed by atoms with Crippen LogP contribution in [0.2, 0.25) is 0 Å². The molecule has 0 atom stereocenters. The maximum Gasteiger partial charge on any atom is 0.249 e. The average Bonchev–Trinajstić information content (AvgIpc) is 2.55. The lowest BCUT2D eigenvalue weighted by Gasteiger charge is -2.13. The van der Waals surface area contributed by atoms with E-state index >= 15 is 0 Å². The molecule has 133 valence electrons. The van der Waals surface area contributed by atoms with Gasteiger partial charge < -0.3 is 11.1 Å². The molecule has 0 bridgehead atoms. The lowest BCUT2D eigenvalue weighted by atomic mass is 10.0. The van der Waals surface area contributed by atoms with Crippen molar-refractivity contribution in [1.82, 2.24) is 5.32 Å². The summed E-state index contributed by atoms with van der Waals surface area (Å²) in [6.45, 7) is 0. The van der Waals surface area contributed by atoms with Crippen LogP contribution < -0.4 is 11.1 Å². The minimum atomic E-state index is -3.67. The van der Waals surface area contributed by atoms with E-state index in [2.05, 4.69) is 5.32 Å². The van der Waals surface area contributed by atoms with Crippen molar-refractivity contribution < 1.29 is 22.8 Å². The van der Waals surface area contributed by atoms with Crippen molar-refractivity contribution in [2.45, 2.75) is 25.0 Å². The number of primary amides is 1. The quantitative estimate of drug-likeness (QED) is 0.736. The van der Waals surface area contributed by atoms with Crippen LogP contribution in [0.3, 0.4) is 0 Å². The number of rotatable bonds is 7. The van der Waals surface area contributed by atoms with E-state index in [1.54, 1.807) is 18.2 Å². The molecule has 0 spiro atoms.